The quantitative estimate of drug-likeness (QED) is 0.835. The summed E-state index contributed by atoms with van der Waals surface area (Å²) in [6, 6.07) is 9.99. The molecule has 2 aliphatic heterocycles. The lowest BCUT2D eigenvalue weighted by Crippen LogP contribution is -2.32. The Kier molecular flexibility index (Phi) is 4.20. The van der Waals surface area contributed by atoms with Crippen molar-refractivity contribution in [3.63, 3.8) is 0 Å². The Morgan fingerprint density at radius 1 is 1.23 bits per heavy atom. The Morgan fingerprint density at radius 2 is 2.12 bits per heavy atom. The molecule has 2 saturated heterocycles. The molecular formula is C19H19N3O4. The molecule has 2 aromatic rings. The number of nitrogens with zero attached hydrogens (tertiary/aromatic N) is 2. The third-order valence-corrected chi connectivity index (χ3v) is 4.81. The number of hydrogen-bond donors (Lipinski definition) is 1. The Bertz CT molecular complexity index is 824. The summed E-state index contributed by atoms with van der Waals surface area (Å²) in [5.74, 6) is 0.298. The maximum Gasteiger partial charge on any atom is 0.327 e. The monoisotopic (exact) mass is 353 g/mol. The second-order valence-electron chi connectivity index (χ2n) is 6.52. The molecule has 1 atom stereocenters. The van der Waals surface area contributed by atoms with E-state index in [0.29, 0.717) is 24.4 Å². The van der Waals surface area contributed by atoms with Crippen molar-refractivity contribution in [1.82, 2.24) is 15.1 Å². The van der Waals surface area contributed by atoms with Crippen molar-refractivity contribution >= 4 is 17.8 Å². The van der Waals surface area contributed by atoms with Crippen molar-refractivity contribution in [3.05, 3.63) is 59.5 Å². The average Bonchev–Trinajstić information content (AvgIpc) is 3.38. The predicted molar refractivity (Wildman–Crippen MR) is 92.0 cm³/mol. The first-order chi connectivity index (χ1) is 12.6. The van der Waals surface area contributed by atoms with Crippen LogP contribution in [-0.2, 0) is 17.9 Å². The van der Waals surface area contributed by atoms with Gasteiger partial charge in [-0.25, -0.2) is 4.79 Å². The molecule has 0 saturated carbocycles. The smallest absolute Gasteiger partial charge is 0.327 e. The molecule has 0 unspecified atom stereocenters. The summed E-state index contributed by atoms with van der Waals surface area (Å²) in [6.45, 7) is 1.13. The maximum atomic E-state index is 12.4. The van der Waals surface area contributed by atoms with Gasteiger partial charge in [-0.05, 0) is 42.7 Å². The van der Waals surface area contributed by atoms with E-state index in [2.05, 4.69) is 5.32 Å². The van der Waals surface area contributed by atoms with Crippen molar-refractivity contribution in [3.8, 4) is 0 Å². The zero-order chi connectivity index (χ0) is 18.1. The van der Waals surface area contributed by atoms with E-state index < -0.39 is 0 Å². The summed E-state index contributed by atoms with van der Waals surface area (Å²) in [5.41, 5.74) is 1.23. The molecule has 1 aromatic carbocycles. The molecule has 4 amide bonds. The minimum absolute atomic E-state index is 0.139. The molecule has 2 fully saturated rings. The van der Waals surface area contributed by atoms with Gasteiger partial charge in [0.25, 0.3) is 11.8 Å². The van der Waals surface area contributed by atoms with Gasteiger partial charge in [0.1, 0.15) is 11.8 Å². The van der Waals surface area contributed by atoms with Crippen LogP contribution in [-0.4, -0.2) is 40.2 Å². The molecule has 1 aromatic heterocycles. The first-order valence-electron chi connectivity index (χ1n) is 8.65. The van der Waals surface area contributed by atoms with Crippen LogP contribution in [0, 0.1) is 0 Å². The summed E-state index contributed by atoms with van der Waals surface area (Å²) in [7, 11) is 0. The van der Waals surface area contributed by atoms with Crippen LogP contribution in [0.25, 0.3) is 0 Å². The highest BCUT2D eigenvalue weighted by Crippen LogP contribution is 2.28. The molecule has 0 spiro atoms. The number of amides is 4. The summed E-state index contributed by atoms with van der Waals surface area (Å²) >= 11 is 0. The van der Waals surface area contributed by atoms with Crippen LogP contribution >= 0.6 is 0 Å². The second kappa shape index (κ2) is 6.67. The standard InChI is InChI=1S/C19H19N3O4/c23-17(20-11-15-6-3-9-26-15)14-5-1-4-13(10-14)12-22-18(24)16-7-2-8-21(16)19(22)25/h1,3-6,9-10,16H,2,7-8,11-12H2,(H,20,23)/t16-/m1/s1. The third kappa shape index (κ3) is 2.96. The minimum atomic E-state index is -0.303. The van der Waals surface area contributed by atoms with Gasteiger partial charge in [-0.3, -0.25) is 14.5 Å². The van der Waals surface area contributed by atoms with E-state index in [4.69, 9.17) is 4.42 Å². The third-order valence-electron chi connectivity index (χ3n) is 4.81. The Morgan fingerprint density at radius 3 is 2.88 bits per heavy atom. The Hall–Kier alpha value is -3.09. The summed E-state index contributed by atoms with van der Waals surface area (Å²) < 4.78 is 5.19. The van der Waals surface area contributed by atoms with E-state index in [0.717, 1.165) is 18.4 Å². The van der Waals surface area contributed by atoms with Gasteiger partial charge in [0.2, 0.25) is 0 Å². The lowest BCUT2D eigenvalue weighted by atomic mass is 10.1. The lowest BCUT2D eigenvalue weighted by molar-refractivity contribution is -0.128. The van der Waals surface area contributed by atoms with Crippen molar-refractivity contribution in [2.45, 2.75) is 32.0 Å². The number of nitrogens with one attached hydrogen (secondary N) is 1. The fraction of sp³-hybridized carbons (Fsp3) is 0.316. The Labute approximate surface area is 150 Å². The van der Waals surface area contributed by atoms with E-state index in [1.165, 1.54) is 4.90 Å². The number of urea groups is 1. The number of benzene rings is 1. The van der Waals surface area contributed by atoms with E-state index in [-0.39, 0.29) is 30.4 Å². The largest absolute Gasteiger partial charge is 0.467 e. The number of carbonyl (C=O) groups is 3. The summed E-state index contributed by atoms with van der Waals surface area (Å²) in [6.07, 6.45) is 3.16. The molecule has 0 radical (unpaired) electrons. The number of fused-ring (bicyclic) bond motifs is 1. The first kappa shape index (κ1) is 16.4. The van der Waals surface area contributed by atoms with Gasteiger partial charge in [0.05, 0.1) is 19.4 Å². The lowest BCUT2D eigenvalue weighted by Gasteiger charge is -2.16. The molecule has 4 rings (SSSR count). The van der Waals surface area contributed by atoms with Crippen molar-refractivity contribution < 1.29 is 18.8 Å². The number of carbonyl (C=O) groups excluding carboxylic acids is 3. The fourth-order valence-electron chi connectivity index (χ4n) is 3.50. The van der Waals surface area contributed by atoms with Gasteiger partial charge >= 0.3 is 6.03 Å². The van der Waals surface area contributed by atoms with Crippen molar-refractivity contribution in [1.29, 1.82) is 0 Å². The molecule has 2 aliphatic rings. The van der Waals surface area contributed by atoms with Crippen LogP contribution in [0.2, 0.25) is 0 Å². The molecule has 0 aliphatic carbocycles. The number of hydrogen-bond acceptors (Lipinski definition) is 4. The van der Waals surface area contributed by atoms with E-state index in [1.807, 2.05) is 6.07 Å². The maximum absolute atomic E-state index is 12.4. The van der Waals surface area contributed by atoms with E-state index >= 15 is 0 Å². The summed E-state index contributed by atoms with van der Waals surface area (Å²) in [4.78, 5) is 40.1. The highest BCUT2D eigenvalue weighted by atomic mass is 16.3. The van der Waals surface area contributed by atoms with Crippen LogP contribution in [0.5, 0.6) is 0 Å². The first-order valence-corrected chi connectivity index (χ1v) is 8.65. The molecule has 3 heterocycles. The van der Waals surface area contributed by atoms with Crippen LogP contribution in [0.15, 0.2) is 47.1 Å². The van der Waals surface area contributed by atoms with Crippen LogP contribution in [0.4, 0.5) is 4.79 Å². The predicted octanol–water partition coefficient (Wildman–Crippen LogP) is 2.14. The van der Waals surface area contributed by atoms with Gasteiger partial charge in [-0.2, -0.15) is 0 Å². The van der Waals surface area contributed by atoms with Gasteiger partial charge in [0.15, 0.2) is 0 Å². The van der Waals surface area contributed by atoms with Crippen LogP contribution in [0.3, 0.4) is 0 Å². The zero-order valence-corrected chi connectivity index (χ0v) is 14.2. The SMILES string of the molecule is O=C(NCc1ccco1)c1cccc(CN2C(=O)[C@H]3CCCN3C2=O)c1. The van der Waals surface area contributed by atoms with Crippen molar-refractivity contribution in [2.24, 2.45) is 0 Å². The zero-order valence-electron chi connectivity index (χ0n) is 14.2. The van der Waals surface area contributed by atoms with Gasteiger partial charge in [-0.1, -0.05) is 12.1 Å². The molecule has 1 N–H and O–H groups in total. The fourth-order valence-corrected chi connectivity index (χ4v) is 3.50. The molecule has 7 nitrogen and oxygen atoms in total. The molecule has 0 bridgehead atoms. The van der Waals surface area contributed by atoms with E-state index in [1.54, 1.807) is 41.5 Å². The van der Waals surface area contributed by atoms with Crippen LogP contribution < -0.4 is 5.32 Å². The number of furan rings is 1. The topological polar surface area (TPSA) is 82.9 Å². The minimum Gasteiger partial charge on any atom is -0.467 e. The highest BCUT2D eigenvalue weighted by Gasteiger charge is 2.47. The van der Waals surface area contributed by atoms with Gasteiger partial charge in [0, 0.05) is 12.1 Å². The highest BCUT2D eigenvalue weighted by molar-refractivity contribution is 6.04. The number of imide groups is 1. The Balaban J connectivity index is 1.43. The van der Waals surface area contributed by atoms with E-state index in [9.17, 15) is 14.4 Å². The normalized spacial score (nSPS) is 19.2. The number of rotatable bonds is 5. The van der Waals surface area contributed by atoms with Gasteiger partial charge in [-0.15, -0.1) is 0 Å². The average molecular weight is 353 g/mol. The van der Waals surface area contributed by atoms with Crippen molar-refractivity contribution in [2.75, 3.05) is 6.54 Å². The van der Waals surface area contributed by atoms with Gasteiger partial charge < -0.3 is 14.6 Å². The molecule has 26 heavy (non-hydrogen) atoms. The summed E-state index contributed by atoms with van der Waals surface area (Å²) in [5, 5.41) is 2.78. The second-order valence-corrected chi connectivity index (χ2v) is 6.52. The molecular weight excluding hydrogens is 334 g/mol. The van der Waals surface area contributed by atoms with Crippen LogP contribution in [0.1, 0.15) is 34.5 Å². The molecule has 7 heteroatoms. The molecule has 134 valence electrons.